The Bertz CT molecular complexity index is 598. The second-order valence-electron chi connectivity index (χ2n) is 8.44. The van der Waals surface area contributed by atoms with Gasteiger partial charge in [-0.15, -0.1) is 11.8 Å². The van der Waals surface area contributed by atoms with Crippen LogP contribution in [0.4, 0.5) is 0 Å². The standard InChI is InChI=1S/C26H43NOS.C2H6.CH4/c1-6-24(21(2)3)18-22(4)20-29-26(19-27)15-9-10-16-28-17-11-14-25-13-8-7-12-23(25)5;1-2;/h6-8,11,13-14,19,21-23H,9-10,12,15-18,20,27H2,1-5H3;1-2H3;1H4/b14-11+,24-6+,26-19+;;. The van der Waals surface area contributed by atoms with Crippen molar-refractivity contribution in [3.05, 3.63) is 58.7 Å². The van der Waals surface area contributed by atoms with Crippen molar-refractivity contribution in [2.45, 2.75) is 88.0 Å². The fourth-order valence-corrected chi connectivity index (χ4v) is 4.42. The minimum atomic E-state index is 0. The van der Waals surface area contributed by atoms with Gasteiger partial charge in [-0.25, -0.2) is 0 Å². The van der Waals surface area contributed by atoms with Gasteiger partial charge in [-0.3, -0.25) is 0 Å². The van der Waals surface area contributed by atoms with Gasteiger partial charge in [0, 0.05) is 23.5 Å². The van der Waals surface area contributed by atoms with Crippen LogP contribution in [0.2, 0.25) is 0 Å². The number of allylic oxidation sites excluding steroid dienone is 8. The van der Waals surface area contributed by atoms with Crippen LogP contribution in [-0.2, 0) is 4.74 Å². The highest BCUT2D eigenvalue weighted by Crippen LogP contribution is 2.27. The van der Waals surface area contributed by atoms with Crippen LogP contribution in [0.5, 0.6) is 0 Å². The van der Waals surface area contributed by atoms with Crippen LogP contribution in [0.25, 0.3) is 0 Å². The monoisotopic (exact) mass is 463 g/mol. The summed E-state index contributed by atoms with van der Waals surface area (Å²) in [6.45, 7) is 16.8. The summed E-state index contributed by atoms with van der Waals surface area (Å²) in [5.41, 5.74) is 8.81. The SMILES string of the molecule is C.C/C=C(\CC(C)CS/C(=C/N)CCCCOC/C=C/C1=CC=CCC1C)C(C)C.CC. The molecule has 0 saturated carbocycles. The molecule has 1 aliphatic rings. The van der Waals surface area contributed by atoms with Gasteiger partial charge in [0.15, 0.2) is 0 Å². The van der Waals surface area contributed by atoms with Crippen LogP contribution in [0, 0.1) is 17.8 Å². The van der Waals surface area contributed by atoms with Crippen molar-refractivity contribution in [1.82, 2.24) is 0 Å². The van der Waals surface area contributed by atoms with Crippen molar-refractivity contribution in [2.75, 3.05) is 19.0 Å². The third-order valence-electron chi connectivity index (χ3n) is 5.41. The fraction of sp³-hybridized carbons (Fsp3) is 0.655. The maximum Gasteiger partial charge on any atom is 0.0650 e. The minimum Gasteiger partial charge on any atom is -0.404 e. The molecule has 0 bridgehead atoms. The smallest absolute Gasteiger partial charge is 0.0650 e. The van der Waals surface area contributed by atoms with Crippen molar-refractivity contribution in [3.8, 4) is 0 Å². The number of rotatable bonds is 14. The second-order valence-corrected chi connectivity index (χ2v) is 9.58. The largest absolute Gasteiger partial charge is 0.404 e. The second kappa shape index (κ2) is 21.6. The molecule has 2 atom stereocenters. The highest BCUT2D eigenvalue weighted by Gasteiger charge is 2.10. The Morgan fingerprint density at radius 1 is 1.25 bits per heavy atom. The van der Waals surface area contributed by atoms with Gasteiger partial charge >= 0.3 is 0 Å². The lowest BCUT2D eigenvalue weighted by molar-refractivity contribution is 0.158. The van der Waals surface area contributed by atoms with Crippen LogP contribution in [0.1, 0.15) is 88.0 Å². The molecule has 0 aromatic heterocycles. The van der Waals surface area contributed by atoms with E-state index < -0.39 is 0 Å². The summed E-state index contributed by atoms with van der Waals surface area (Å²) in [5, 5.41) is 0. The molecule has 0 amide bonds. The first-order chi connectivity index (χ1) is 15.0. The van der Waals surface area contributed by atoms with Crippen LogP contribution >= 0.6 is 11.8 Å². The molecular formula is C29H53NOS. The molecule has 2 N–H and O–H groups in total. The summed E-state index contributed by atoms with van der Waals surface area (Å²) in [6.07, 6.45) is 20.6. The molecule has 1 rings (SSSR count). The number of hydrogen-bond donors (Lipinski definition) is 1. The molecule has 32 heavy (non-hydrogen) atoms. The highest BCUT2D eigenvalue weighted by molar-refractivity contribution is 8.03. The summed E-state index contributed by atoms with van der Waals surface area (Å²) in [4.78, 5) is 1.31. The first-order valence-corrected chi connectivity index (χ1v) is 13.3. The van der Waals surface area contributed by atoms with Crippen molar-refractivity contribution in [1.29, 1.82) is 0 Å². The average Bonchev–Trinajstić information content (AvgIpc) is 2.78. The maximum absolute atomic E-state index is 5.85. The molecule has 1 aliphatic carbocycles. The quantitative estimate of drug-likeness (QED) is 0.206. The third kappa shape index (κ3) is 15.6. The van der Waals surface area contributed by atoms with E-state index in [9.17, 15) is 0 Å². The Hall–Kier alpha value is -1.19. The first-order valence-electron chi connectivity index (χ1n) is 12.3. The molecule has 0 saturated heterocycles. The Morgan fingerprint density at radius 2 is 1.97 bits per heavy atom. The molecule has 186 valence electrons. The van der Waals surface area contributed by atoms with Gasteiger partial charge < -0.3 is 10.5 Å². The lowest BCUT2D eigenvalue weighted by Gasteiger charge is -2.17. The summed E-state index contributed by atoms with van der Waals surface area (Å²) >= 11 is 1.93. The van der Waals surface area contributed by atoms with Crippen LogP contribution in [0.3, 0.4) is 0 Å². The van der Waals surface area contributed by atoms with Crippen molar-refractivity contribution < 1.29 is 4.74 Å². The Kier molecular flexibility index (Phi) is 22.3. The van der Waals surface area contributed by atoms with E-state index in [1.807, 2.05) is 25.6 Å². The van der Waals surface area contributed by atoms with Crippen molar-refractivity contribution in [2.24, 2.45) is 23.5 Å². The zero-order valence-corrected chi connectivity index (χ0v) is 22.1. The lowest BCUT2D eigenvalue weighted by atomic mass is 9.93. The molecular weight excluding hydrogens is 410 g/mol. The zero-order valence-electron chi connectivity index (χ0n) is 21.3. The fourth-order valence-electron chi connectivity index (χ4n) is 3.42. The van der Waals surface area contributed by atoms with Gasteiger partial charge in [-0.2, -0.15) is 0 Å². The van der Waals surface area contributed by atoms with Gasteiger partial charge in [0.1, 0.15) is 0 Å². The summed E-state index contributed by atoms with van der Waals surface area (Å²) < 4.78 is 5.76. The van der Waals surface area contributed by atoms with E-state index in [0.29, 0.717) is 24.4 Å². The molecule has 0 radical (unpaired) electrons. The number of unbranched alkanes of at least 4 members (excludes halogenated alkanes) is 1. The van der Waals surface area contributed by atoms with E-state index in [1.165, 1.54) is 16.9 Å². The molecule has 0 aromatic rings. The number of ether oxygens (including phenoxy) is 1. The molecule has 0 spiro atoms. The third-order valence-corrected chi connectivity index (χ3v) is 6.85. The predicted molar refractivity (Wildman–Crippen MR) is 150 cm³/mol. The number of thioether (sulfide) groups is 1. The molecule has 3 heteroatoms. The number of hydrogen-bond acceptors (Lipinski definition) is 3. The maximum atomic E-state index is 5.85. The molecule has 0 fully saturated rings. The number of nitrogens with two attached hydrogens (primary N) is 1. The lowest BCUT2D eigenvalue weighted by Crippen LogP contribution is -2.05. The Labute approximate surface area is 205 Å². The van der Waals surface area contributed by atoms with E-state index in [4.69, 9.17) is 10.5 Å². The van der Waals surface area contributed by atoms with E-state index in [1.54, 1.807) is 11.8 Å². The summed E-state index contributed by atoms with van der Waals surface area (Å²) in [6, 6.07) is 0. The van der Waals surface area contributed by atoms with Gasteiger partial charge in [-0.1, -0.05) is 91.0 Å². The summed E-state index contributed by atoms with van der Waals surface area (Å²) in [5.74, 6) is 3.08. The minimum absolute atomic E-state index is 0. The molecule has 2 unspecified atom stereocenters. The molecule has 2 nitrogen and oxygen atoms in total. The summed E-state index contributed by atoms with van der Waals surface area (Å²) in [7, 11) is 0. The molecule has 0 aromatic carbocycles. The van der Waals surface area contributed by atoms with Crippen LogP contribution in [-0.4, -0.2) is 19.0 Å². The Balaban J connectivity index is 0. The van der Waals surface area contributed by atoms with Gasteiger partial charge in [0.25, 0.3) is 0 Å². The first kappa shape index (κ1) is 33.0. The van der Waals surface area contributed by atoms with Crippen LogP contribution < -0.4 is 5.73 Å². The van der Waals surface area contributed by atoms with E-state index in [0.717, 1.165) is 38.0 Å². The Morgan fingerprint density at radius 3 is 2.56 bits per heavy atom. The van der Waals surface area contributed by atoms with E-state index >= 15 is 0 Å². The molecule has 0 aliphatic heterocycles. The van der Waals surface area contributed by atoms with Gasteiger partial charge in [0.05, 0.1) is 6.61 Å². The highest BCUT2D eigenvalue weighted by atomic mass is 32.2. The van der Waals surface area contributed by atoms with Crippen molar-refractivity contribution in [3.63, 3.8) is 0 Å². The normalized spacial score (nSPS) is 17.6. The van der Waals surface area contributed by atoms with E-state index in [-0.39, 0.29) is 7.43 Å². The van der Waals surface area contributed by atoms with Gasteiger partial charge in [-0.05, 0) is 62.4 Å². The predicted octanol–water partition coefficient (Wildman–Crippen LogP) is 9.08. The average molecular weight is 464 g/mol. The van der Waals surface area contributed by atoms with Crippen LogP contribution in [0.15, 0.2) is 58.7 Å². The van der Waals surface area contributed by atoms with E-state index in [2.05, 4.69) is 71.1 Å². The van der Waals surface area contributed by atoms with Crippen molar-refractivity contribution >= 4 is 11.8 Å². The van der Waals surface area contributed by atoms with Gasteiger partial charge in [0.2, 0.25) is 0 Å². The topological polar surface area (TPSA) is 35.2 Å². The molecule has 0 heterocycles. The zero-order chi connectivity index (χ0) is 23.5.